The third kappa shape index (κ3) is 3.17. The number of amides is 1. The van der Waals surface area contributed by atoms with Crippen molar-refractivity contribution in [2.75, 3.05) is 11.9 Å². The normalized spacial score (nSPS) is 10.9. The monoisotopic (exact) mass is 356 g/mol. The number of aryl methyl sites for hydroxylation is 3. The number of H-pyrrole nitrogens is 1. The van der Waals surface area contributed by atoms with Crippen LogP contribution >= 0.6 is 11.3 Å². The minimum atomic E-state index is -0.367. The van der Waals surface area contributed by atoms with Crippen LogP contribution in [0.15, 0.2) is 24.3 Å². The molecule has 0 aliphatic rings. The zero-order chi connectivity index (χ0) is 18.1. The van der Waals surface area contributed by atoms with Crippen molar-refractivity contribution in [3.05, 3.63) is 51.5 Å². The highest BCUT2D eigenvalue weighted by Crippen LogP contribution is 2.34. The summed E-state index contributed by atoms with van der Waals surface area (Å²) in [6.45, 7) is 8.11. The van der Waals surface area contributed by atoms with E-state index in [0.717, 1.165) is 20.8 Å². The molecule has 0 saturated carbocycles. The number of anilines is 1. The van der Waals surface area contributed by atoms with Crippen molar-refractivity contribution in [3.63, 3.8) is 0 Å². The van der Waals surface area contributed by atoms with Crippen LogP contribution in [0.4, 0.5) is 5.69 Å². The fourth-order valence-corrected chi connectivity index (χ4v) is 3.92. The van der Waals surface area contributed by atoms with Gasteiger partial charge in [-0.2, -0.15) is 0 Å². The first kappa shape index (κ1) is 17.2. The van der Waals surface area contributed by atoms with E-state index in [4.69, 9.17) is 4.74 Å². The first-order valence-electron chi connectivity index (χ1n) is 8.09. The SMILES string of the molecule is CCOC(=O)c1ccc(NC(=O)c2c(C)sc3c(C)c(C)[nH]c23)cc1. The van der Waals surface area contributed by atoms with Crippen LogP contribution in [0, 0.1) is 20.8 Å². The second-order valence-electron chi connectivity index (χ2n) is 5.86. The number of carbonyl (C=O) groups is 2. The second-order valence-corrected chi connectivity index (χ2v) is 7.09. The molecule has 0 saturated heterocycles. The Morgan fingerprint density at radius 1 is 1.16 bits per heavy atom. The number of hydrogen-bond acceptors (Lipinski definition) is 4. The summed E-state index contributed by atoms with van der Waals surface area (Å²) < 4.78 is 6.08. The number of hydrogen-bond donors (Lipinski definition) is 2. The molecule has 2 N–H and O–H groups in total. The van der Waals surface area contributed by atoms with Crippen LogP contribution in [0.1, 0.15) is 43.8 Å². The Kier molecular flexibility index (Phi) is 4.63. The van der Waals surface area contributed by atoms with Gasteiger partial charge < -0.3 is 15.0 Å². The van der Waals surface area contributed by atoms with E-state index in [1.165, 1.54) is 5.56 Å². The van der Waals surface area contributed by atoms with E-state index >= 15 is 0 Å². The van der Waals surface area contributed by atoms with Crippen LogP contribution in [0.25, 0.3) is 10.2 Å². The Morgan fingerprint density at radius 3 is 2.48 bits per heavy atom. The third-order valence-electron chi connectivity index (χ3n) is 4.18. The van der Waals surface area contributed by atoms with Crippen molar-refractivity contribution in [1.82, 2.24) is 4.98 Å². The molecular weight excluding hydrogens is 336 g/mol. The predicted octanol–water partition coefficient (Wildman–Crippen LogP) is 4.58. The maximum absolute atomic E-state index is 12.7. The van der Waals surface area contributed by atoms with Gasteiger partial charge in [0, 0.05) is 16.3 Å². The number of aromatic nitrogens is 1. The van der Waals surface area contributed by atoms with Crippen molar-refractivity contribution >= 4 is 39.1 Å². The number of rotatable bonds is 4. The lowest BCUT2D eigenvalue weighted by molar-refractivity contribution is 0.0526. The molecule has 0 unspecified atom stereocenters. The molecule has 0 fully saturated rings. The predicted molar refractivity (Wildman–Crippen MR) is 101 cm³/mol. The maximum Gasteiger partial charge on any atom is 0.338 e. The van der Waals surface area contributed by atoms with E-state index in [1.807, 2.05) is 13.8 Å². The molecule has 0 aliphatic carbocycles. The Hall–Kier alpha value is -2.60. The highest BCUT2D eigenvalue weighted by Gasteiger charge is 2.20. The molecular formula is C19H20N2O3S. The van der Waals surface area contributed by atoms with Gasteiger partial charge in [0.25, 0.3) is 5.91 Å². The van der Waals surface area contributed by atoms with Gasteiger partial charge in [-0.15, -0.1) is 11.3 Å². The molecule has 0 spiro atoms. The minimum absolute atomic E-state index is 0.158. The molecule has 0 bridgehead atoms. The molecule has 0 radical (unpaired) electrons. The summed E-state index contributed by atoms with van der Waals surface area (Å²) in [5.41, 5.74) is 4.92. The quantitative estimate of drug-likeness (QED) is 0.672. The molecule has 1 aromatic carbocycles. The molecule has 3 rings (SSSR count). The van der Waals surface area contributed by atoms with Gasteiger partial charge in [-0.1, -0.05) is 0 Å². The second kappa shape index (κ2) is 6.72. The van der Waals surface area contributed by atoms with Crippen molar-refractivity contribution in [3.8, 4) is 0 Å². The van der Waals surface area contributed by atoms with Crippen molar-refractivity contribution < 1.29 is 14.3 Å². The molecule has 25 heavy (non-hydrogen) atoms. The summed E-state index contributed by atoms with van der Waals surface area (Å²) in [5, 5.41) is 2.90. The lowest BCUT2D eigenvalue weighted by Crippen LogP contribution is -2.13. The van der Waals surface area contributed by atoms with Gasteiger partial charge in [0.05, 0.1) is 28.0 Å². The van der Waals surface area contributed by atoms with Gasteiger partial charge in [0.1, 0.15) is 0 Å². The van der Waals surface area contributed by atoms with Gasteiger partial charge in [0.15, 0.2) is 0 Å². The fourth-order valence-electron chi connectivity index (χ4n) is 2.75. The number of nitrogens with one attached hydrogen (secondary N) is 2. The molecule has 2 aromatic heterocycles. The van der Waals surface area contributed by atoms with Gasteiger partial charge in [-0.25, -0.2) is 4.79 Å². The molecule has 6 heteroatoms. The summed E-state index contributed by atoms with van der Waals surface area (Å²) in [6, 6.07) is 6.70. The molecule has 2 heterocycles. The van der Waals surface area contributed by atoms with Crippen LogP contribution in [-0.4, -0.2) is 23.5 Å². The summed E-state index contributed by atoms with van der Waals surface area (Å²) in [5.74, 6) is -0.526. The highest BCUT2D eigenvalue weighted by atomic mass is 32.1. The smallest absolute Gasteiger partial charge is 0.338 e. The Morgan fingerprint density at radius 2 is 1.84 bits per heavy atom. The summed E-state index contributed by atoms with van der Waals surface area (Å²) in [4.78, 5) is 28.7. The zero-order valence-corrected chi connectivity index (χ0v) is 15.5. The standard InChI is InChI=1S/C19H20N2O3S/c1-5-24-19(23)13-6-8-14(9-7-13)21-18(22)15-12(4)25-17-10(2)11(3)20-16(15)17/h6-9,20H,5H2,1-4H3,(H,21,22). The first-order chi connectivity index (χ1) is 11.9. The summed E-state index contributed by atoms with van der Waals surface area (Å²) >= 11 is 1.62. The van der Waals surface area contributed by atoms with Crippen molar-refractivity contribution in [1.29, 1.82) is 0 Å². The average Bonchev–Trinajstić information content (AvgIpc) is 3.03. The van der Waals surface area contributed by atoms with Crippen LogP contribution in [0.5, 0.6) is 0 Å². The van der Waals surface area contributed by atoms with E-state index in [2.05, 4.69) is 17.2 Å². The Labute approximate surface area is 150 Å². The fraction of sp³-hybridized carbons (Fsp3) is 0.263. The highest BCUT2D eigenvalue weighted by molar-refractivity contribution is 7.19. The molecule has 5 nitrogen and oxygen atoms in total. The van der Waals surface area contributed by atoms with Crippen LogP contribution in [0.3, 0.4) is 0 Å². The molecule has 0 aliphatic heterocycles. The number of fused-ring (bicyclic) bond motifs is 1. The molecule has 3 aromatic rings. The number of ether oxygens (including phenoxy) is 1. The van der Waals surface area contributed by atoms with Crippen molar-refractivity contribution in [2.45, 2.75) is 27.7 Å². The van der Waals surface area contributed by atoms with E-state index in [9.17, 15) is 9.59 Å². The van der Waals surface area contributed by atoms with Gasteiger partial charge in [0.2, 0.25) is 0 Å². The van der Waals surface area contributed by atoms with Crippen molar-refractivity contribution in [2.24, 2.45) is 0 Å². The first-order valence-corrected chi connectivity index (χ1v) is 8.90. The van der Waals surface area contributed by atoms with Crippen LogP contribution < -0.4 is 5.32 Å². The lowest BCUT2D eigenvalue weighted by Gasteiger charge is -2.07. The van der Waals surface area contributed by atoms with E-state index in [0.29, 0.717) is 23.4 Å². The van der Waals surface area contributed by atoms with E-state index in [1.54, 1.807) is 42.5 Å². The number of aromatic amines is 1. The van der Waals surface area contributed by atoms with Crippen LogP contribution in [-0.2, 0) is 4.74 Å². The lowest BCUT2D eigenvalue weighted by atomic mass is 10.2. The number of thiophene rings is 1. The Bertz CT molecular complexity index is 951. The molecule has 130 valence electrons. The Balaban J connectivity index is 1.84. The minimum Gasteiger partial charge on any atom is -0.462 e. The summed E-state index contributed by atoms with van der Waals surface area (Å²) in [6.07, 6.45) is 0. The molecule has 1 amide bonds. The zero-order valence-electron chi connectivity index (χ0n) is 14.6. The van der Waals surface area contributed by atoms with Gasteiger partial charge in [-0.05, 0) is 57.5 Å². The van der Waals surface area contributed by atoms with Gasteiger partial charge in [-0.3, -0.25) is 4.79 Å². The topological polar surface area (TPSA) is 71.2 Å². The number of benzene rings is 1. The average molecular weight is 356 g/mol. The largest absolute Gasteiger partial charge is 0.462 e. The number of esters is 1. The maximum atomic E-state index is 12.7. The number of carbonyl (C=O) groups excluding carboxylic acids is 2. The van der Waals surface area contributed by atoms with Gasteiger partial charge >= 0.3 is 5.97 Å². The van der Waals surface area contributed by atoms with Crippen LogP contribution in [0.2, 0.25) is 0 Å². The molecule has 0 atom stereocenters. The third-order valence-corrected chi connectivity index (χ3v) is 5.41. The van der Waals surface area contributed by atoms with E-state index < -0.39 is 0 Å². The van der Waals surface area contributed by atoms with E-state index in [-0.39, 0.29) is 11.9 Å². The summed E-state index contributed by atoms with van der Waals surface area (Å²) in [7, 11) is 0.